The van der Waals surface area contributed by atoms with Crippen LogP contribution in [-0.2, 0) is 0 Å². The normalized spacial score (nSPS) is 17.8. The Bertz CT molecular complexity index is 988. The zero-order valence-electron chi connectivity index (χ0n) is 16.0. The van der Waals surface area contributed by atoms with E-state index in [9.17, 15) is 5.11 Å². The molecule has 7 heteroatoms. The Morgan fingerprint density at radius 3 is 2.57 bits per heavy atom. The van der Waals surface area contributed by atoms with Crippen LogP contribution in [0, 0.1) is 6.92 Å². The summed E-state index contributed by atoms with van der Waals surface area (Å²) in [5, 5.41) is 18.9. The summed E-state index contributed by atoms with van der Waals surface area (Å²) >= 11 is 0. The third kappa shape index (κ3) is 3.32. The molecule has 28 heavy (non-hydrogen) atoms. The minimum atomic E-state index is 0.204. The molecular weight excluding hydrogens is 352 g/mol. The second-order valence-electron chi connectivity index (χ2n) is 7.82. The Hall–Kier alpha value is -2.96. The summed E-state index contributed by atoms with van der Waals surface area (Å²) in [6.07, 6.45) is 6.68. The Kier molecular flexibility index (Phi) is 4.22. The van der Waals surface area contributed by atoms with E-state index in [0.29, 0.717) is 23.3 Å². The number of aromatic nitrogens is 5. The molecule has 1 aliphatic heterocycles. The zero-order chi connectivity index (χ0) is 19.1. The average Bonchev–Trinajstić information content (AvgIpc) is 3.45. The molecule has 1 aliphatic carbocycles. The van der Waals surface area contributed by atoms with Crippen molar-refractivity contribution in [3.8, 4) is 17.1 Å². The Balaban J connectivity index is 1.32. The first-order valence-electron chi connectivity index (χ1n) is 9.98. The quantitative estimate of drug-likeness (QED) is 0.751. The van der Waals surface area contributed by atoms with Crippen molar-refractivity contribution >= 4 is 5.82 Å². The first-order valence-corrected chi connectivity index (χ1v) is 9.98. The Morgan fingerprint density at radius 2 is 1.82 bits per heavy atom. The van der Waals surface area contributed by atoms with Crippen molar-refractivity contribution < 1.29 is 5.11 Å². The number of benzene rings is 1. The number of anilines is 1. The number of aromatic hydroxyl groups is 1. The fraction of sp³-hybridized carbons (Fsp3) is 0.429. The summed E-state index contributed by atoms with van der Waals surface area (Å²) in [6.45, 7) is 3.80. The van der Waals surface area contributed by atoms with Gasteiger partial charge in [-0.15, -0.1) is 5.10 Å². The molecule has 0 radical (unpaired) electrons. The largest absolute Gasteiger partial charge is 0.507 e. The summed E-state index contributed by atoms with van der Waals surface area (Å²) in [6, 6.07) is 9.63. The maximum absolute atomic E-state index is 10.2. The van der Waals surface area contributed by atoms with E-state index < -0.39 is 0 Å². The number of phenolic OH excluding ortho intramolecular Hbond substituents is 1. The maximum Gasteiger partial charge on any atom is 0.165 e. The predicted octanol–water partition coefficient (Wildman–Crippen LogP) is 3.47. The number of aryl methyl sites for hydroxylation is 1. The number of piperidine rings is 1. The first kappa shape index (κ1) is 17.2. The second-order valence-corrected chi connectivity index (χ2v) is 7.82. The van der Waals surface area contributed by atoms with E-state index in [1.165, 1.54) is 12.8 Å². The zero-order valence-corrected chi connectivity index (χ0v) is 16.0. The molecule has 2 fully saturated rings. The van der Waals surface area contributed by atoms with E-state index in [1.807, 2.05) is 25.1 Å². The lowest BCUT2D eigenvalue weighted by molar-refractivity contribution is 0.359. The molecule has 1 saturated heterocycles. The van der Waals surface area contributed by atoms with E-state index in [-0.39, 0.29) is 5.75 Å². The molecule has 3 aromatic rings. The number of hydrogen-bond acceptors (Lipinski definition) is 6. The van der Waals surface area contributed by atoms with E-state index in [1.54, 1.807) is 12.1 Å². The Morgan fingerprint density at radius 1 is 1.04 bits per heavy atom. The van der Waals surface area contributed by atoms with Crippen LogP contribution in [0.3, 0.4) is 0 Å². The highest BCUT2D eigenvalue weighted by Crippen LogP contribution is 2.39. The van der Waals surface area contributed by atoms with Crippen molar-refractivity contribution in [3.63, 3.8) is 0 Å². The van der Waals surface area contributed by atoms with Crippen molar-refractivity contribution in [1.82, 2.24) is 25.0 Å². The van der Waals surface area contributed by atoms with Gasteiger partial charge in [0, 0.05) is 37.0 Å². The van der Waals surface area contributed by atoms with Gasteiger partial charge in [0.2, 0.25) is 0 Å². The van der Waals surface area contributed by atoms with Crippen LogP contribution in [0.25, 0.3) is 11.4 Å². The number of para-hydroxylation sites is 1. The van der Waals surface area contributed by atoms with Gasteiger partial charge in [-0.05, 0) is 44.7 Å². The van der Waals surface area contributed by atoms with Gasteiger partial charge in [-0.25, -0.2) is 14.6 Å². The summed E-state index contributed by atoms with van der Waals surface area (Å²) in [5.74, 6) is 2.34. The van der Waals surface area contributed by atoms with E-state index in [4.69, 9.17) is 4.98 Å². The van der Waals surface area contributed by atoms with Crippen LogP contribution in [0.4, 0.5) is 5.82 Å². The third-order valence-corrected chi connectivity index (χ3v) is 5.67. The molecule has 0 amide bonds. The molecule has 0 bridgehead atoms. The molecule has 1 aromatic carbocycles. The lowest BCUT2D eigenvalue weighted by atomic mass is 10.1. The van der Waals surface area contributed by atoms with Crippen molar-refractivity contribution in [2.75, 3.05) is 18.0 Å². The van der Waals surface area contributed by atoms with Gasteiger partial charge >= 0.3 is 0 Å². The smallest absolute Gasteiger partial charge is 0.165 e. The van der Waals surface area contributed by atoms with Crippen molar-refractivity contribution in [2.24, 2.45) is 0 Å². The van der Waals surface area contributed by atoms with Crippen LogP contribution < -0.4 is 4.90 Å². The van der Waals surface area contributed by atoms with E-state index >= 15 is 0 Å². The van der Waals surface area contributed by atoms with Crippen LogP contribution in [0.2, 0.25) is 0 Å². The van der Waals surface area contributed by atoms with Crippen LogP contribution in [0.5, 0.6) is 5.75 Å². The third-order valence-electron chi connectivity index (χ3n) is 5.67. The van der Waals surface area contributed by atoms with Gasteiger partial charge in [0.25, 0.3) is 0 Å². The number of rotatable bonds is 4. The minimum absolute atomic E-state index is 0.204. The highest BCUT2D eigenvalue weighted by atomic mass is 16.3. The van der Waals surface area contributed by atoms with Crippen LogP contribution in [0.15, 0.2) is 36.5 Å². The van der Waals surface area contributed by atoms with Gasteiger partial charge in [0.1, 0.15) is 11.6 Å². The van der Waals surface area contributed by atoms with Gasteiger partial charge in [-0.3, -0.25) is 0 Å². The molecule has 1 N–H and O–H groups in total. The van der Waals surface area contributed by atoms with Crippen LogP contribution >= 0.6 is 0 Å². The monoisotopic (exact) mass is 376 g/mol. The van der Waals surface area contributed by atoms with Crippen molar-refractivity contribution in [3.05, 3.63) is 47.9 Å². The molecule has 144 valence electrons. The summed E-state index contributed by atoms with van der Waals surface area (Å²) in [5.41, 5.74) is 2.72. The van der Waals surface area contributed by atoms with Crippen LogP contribution in [-0.4, -0.2) is 43.2 Å². The average molecular weight is 376 g/mol. The molecule has 0 atom stereocenters. The topological polar surface area (TPSA) is 80.0 Å². The molecule has 5 rings (SSSR count). The molecular formula is C21H24N6O. The van der Waals surface area contributed by atoms with Crippen LogP contribution in [0.1, 0.15) is 49.0 Å². The second kappa shape index (κ2) is 6.89. The van der Waals surface area contributed by atoms with Gasteiger partial charge in [0.15, 0.2) is 5.82 Å². The lowest BCUT2D eigenvalue weighted by Crippen LogP contribution is -2.35. The van der Waals surface area contributed by atoms with Gasteiger partial charge in [-0.2, -0.15) is 0 Å². The maximum atomic E-state index is 10.2. The van der Waals surface area contributed by atoms with E-state index in [0.717, 1.165) is 43.1 Å². The summed E-state index contributed by atoms with van der Waals surface area (Å²) in [4.78, 5) is 11.6. The van der Waals surface area contributed by atoms with Gasteiger partial charge in [-0.1, -0.05) is 17.3 Å². The fourth-order valence-corrected chi connectivity index (χ4v) is 3.89. The van der Waals surface area contributed by atoms with Crippen molar-refractivity contribution in [1.29, 1.82) is 0 Å². The SMILES string of the molecule is Cc1cc(N2CCC(n3cc(C4CC4)nn3)CC2)nc(-c2ccccc2O)n1. The molecule has 7 nitrogen and oxygen atoms in total. The molecule has 1 saturated carbocycles. The van der Waals surface area contributed by atoms with Gasteiger partial charge in [0.05, 0.1) is 17.3 Å². The molecule has 2 aliphatic rings. The van der Waals surface area contributed by atoms with Crippen molar-refractivity contribution in [2.45, 2.75) is 44.6 Å². The minimum Gasteiger partial charge on any atom is -0.507 e. The molecule has 0 spiro atoms. The molecule has 0 unspecified atom stereocenters. The standard InChI is InChI=1S/C21H24N6O/c1-14-12-20(23-21(22-14)17-4-2-3-5-19(17)28)26-10-8-16(9-11-26)27-13-18(24-25-27)15-6-7-15/h2-5,12-13,15-16,28H,6-11H2,1H3. The summed E-state index contributed by atoms with van der Waals surface area (Å²) in [7, 11) is 0. The fourth-order valence-electron chi connectivity index (χ4n) is 3.89. The summed E-state index contributed by atoms with van der Waals surface area (Å²) < 4.78 is 2.06. The number of hydrogen-bond donors (Lipinski definition) is 1. The Labute approximate surface area is 164 Å². The first-order chi connectivity index (χ1) is 13.7. The number of phenols is 1. The molecule has 3 heterocycles. The highest BCUT2D eigenvalue weighted by Gasteiger charge is 2.28. The molecule has 2 aromatic heterocycles. The highest BCUT2D eigenvalue weighted by molar-refractivity contribution is 5.65. The van der Waals surface area contributed by atoms with E-state index in [2.05, 4.69) is 31.1 Å². The number of nitrogens with zero attached hydrogens (tertiary/aromatic N) is 6. The van der Waals surface area contributed by atoms with Gasteiger partial charge < -0.3 is 10.0 Å². The predicted molar refractivity (Wildman–Crippen MR) is 106 cm³/mol. The lowest BCUT2D eigenvalue weighted by Gasteiger charge is -2.32.